The molecule has 10 heavy (non-hydrogen) atoms. The molecule has 0 saturated heterocycles. The first kappa shape index (κ1) is 6.66. The first-order valence-corrected chi connectivity index (χ1v) is 4.41. The zero-order chi connectivity index (χ0) is 6.97. The molecule has 0 amide bonds. The van der Waals surface area contributed by atoms with Crippen molar-refractivity contribution in [2.45, 2.75) is 38.2 Å². The van der Waals surface area contributed by atoms with Crippen LogP contribution in [-0.4, -0.2) is 13.2 Å². The van der Waals surface area contributed by atoms with Crippen LogP contribution in [0.15, 0.2) is 0 Å². The number of rotatable bonds is 1. The maximum atomic E-state index is 5.37. The van der Waals surface area contributed by atoms with Crippen molar-refractivity contribution in [3.05, 3.63) is 0 Å². The van der Waals surface area contributed by atoms with Gasteiger partial charge in [-0.05, 0) is 31.1 Å². The van der Waals surface area contributed by atoms with E-state index in [1.54, 1.807) is 0 Å². The zero-order valence-electron chi connectivity index (χ0n) is 6.68. The van der Waals surface area contributed by atoms with E-state index in [1.807, 2.05) is 7.11 Å². The van der Waals surface area contributed by atoms with Crippen LogP contribution in [0.1, 0.15) is 32.1 Å². The monoisotopic (exact) mass is 140 g/mol. The smallest absolute Gasteiger partial charge is 0.0576 e. The van der Waals surface area contributed by atoms with Crippen LogP contribution >= 0.6 is 0 Å². The first-order valence-electron chi connectivity index (χ1n) is 4.41. The van der Waals surface area contributed by atoms with Gasteiger partial charge in [0.05, 0.1) is 6.10 Å². The minimum absolute atomic E-state index is 0.603. The largest absolute Gasteiger partial charge is 0.381 e. The topological polar surface area (TPSA) is 9.23 Å². The molecule has 0 N–H and O–H groups in total. The SMILES string of the molecule is COC1C[C@H]2CC[C@@H](C1)C2. The normalized spacial score (nSPS) is 45.9. The summed E-state index contributed by atoms with van der Waals surface area (Å²) in [6.07, 6.45) is 7.74. The number of hydrogen-bond donors (Lipinski definition) is 0. The summed E-state index contributed by atoms with van der Waals surface area (Å²) in [6, 6.07) is 0. The highest BCUT2D eigenvalue weighted by molar-refractivity contribution is 4.85. The Morgan fingerprint density at radius 1 is 1.00 bits per heavy atom. The van der Waals surface area contributed by atoms with E-state index in [0.29, 0.717) is 6.10 Å². The minimum Gasteiger partial charge on any atom is -0.381 e. The fourth-order valence-corrected chi connectivity index (χ4v) is 2.64. The quantitative estimate of drug-likeness (QED) is 0.542. The summed E-state index contributed by atoms with van der Waals surface area (Å²) < 4.78 is 5.37. The second-order valence-corrected chi connectivity index (χ2v) is 3.87. The molecule has 2 fully saturated rings. The Balaban J connectivity index is 1.96. The Morgan fingerprint density at radius 2 is 1.60 bits per heavy atom. The van der Waals surface area contributed by atoms with Gasteiger partial charge in [-0.25, -0.2) is 0 Å². The molecule has 1 unspecified atom stereocenters. The van der Waals surface area contributed by atoms with Gasteiger partial charge in [0.15, 0.2) is 0 Å². The Bertz CT molecular complexity index is 110. The van der Waals surface area contributed by atoms with Crippen molar-refractivity contribution in [1.29, 1.82) is 0 Å². The lowest BCUT2D eigenvalue weighted by Crippen LogP contribution is -2.21. The molecular weight excluding hydrogens is 124 g/mol. The van der Waals surface area contributed by atoms with E-state index in [1.165, 1.54) is 32.1 Å². The molecule has 1 nitrogen and oxygen atoms in total. The fraction of sp³-hybridized carbons (Fsp3) is 1.00. The lowest BCUT2D eigenvalue weighted by atomic mass is 9.87. The number of fused-ring (bicyclic) bond motifs is 2. The van der Waals surface area contributed by atoms with Crippen molar-refractivity contribution in [3.8, 4) is 0 Å². The van der Waals surface area contributed by atoms with Gasteiger partial charge in [0.2, 0.25) is 0 Å². The molecule has 0 radical (unpaired) electrons. The van der Waals surface area contributed by atoms with Crippen LogP contribution in [0.25, 0.3) is 0 Å². The van der Waals surface area contributed by atoms with Crippen LogP contribution in [0.3, 0.4) is 0 Å². The summed E-state index contributed by atoms with van der Waals surface area (Å²) in [5.74, 6) is 2.03. The molecule has 0 spiro atoms. The van der Waals surface area contributed by atoms with Gasteiger partial charge in [0, 0.05) is 7.11 Å². The molecule has 1 heteroatoms. The molecule has 2 saturated carbocycles. The molecule has 2 bridgehead atoms. The second kappa shape index (κ2) is 2.54. The van der Waals surface area contributed by atoms with Crippen LogP contribution < -0.4 is 0 Å². The Hall–Kier alpha value is -0.0400. The molecular formula is C9H16O. The highest BCUT2D eigenvalue weighted by Crippen LogP contribution is 2.42. The summed E-state index contributed by atoms with van der Waals surface area (Å²) in [6.45, 7) is 0. The third kappa shape index (κ3) is 1.07. The van der Waals surface area contributed by atoms with E-state index in [0.717, 1.165) is 11.8 Å². The predicted molar refractivity (Wildman–Crippen MR) is 40.9 cm³/mol. The van der Waals surface area contributed by atoms with E-state index < -0.39 is 0 Å². The Kier molecular flexibility index (Phi) is 1.69. The van der Waals surface area contributed by atoms with Crippen molar-refractivity contribution in [3.63, 3.8) is 0 Å². The van der Waals surface area contributed by atoms with E-state index >= 15 is 0 Å². The van der Waals surface area contributed by atoms with E-state index in [9.17, 15) is 0 Å². The highest BCUT2D eigenvalue weighted by atomic mass is 16.5. The molecule has 0 aromatic heterocycles. The molecule has 0 aromatic rings. The van der Waals surface area contributed by atoms with E-state index in [-0.39, 0.29) is 0 Å². The standard InChI is InChI=1S/C9H16O/c1-10-9-5-7-2-3-8(4-7)6-9/h7-9H,2-6H2,1H3/t7-,8+,9?. The molecule has 0 aliphatic heterocycles. The average molecular weight is 140 g/mol. The van der Waals surface area contributed by atoms with Crippen LogP contribution in [0.4, 0.5) is 0 Å². The van der Waals surface area contributed by atoms with Crippen LogP contribution in [0, 0.1) is 11.8 Å². The van der Waals surface area contributed by atoms with E-state index in [4.69, 9.17) is 4.74 Å². The van der Waals surface area contributed by atoms with E-state index in [2.05, 4.69) is 0 Å². The number of methoxy groups -OCH3 is 1. The van der Waals surface area contributed by atoms with Crippen molar-refractivity contribution in [2.24, 2.45) is 11.8 Å². The Morgan fingerprint density at radius 3 is 2.10 bits per heavy atom. The summed E-state index contributed by atoms with van der Waals surface area (Å²) in [5.41, 5.74) is 0. The van der Waals surface area contributed by atoms with Gasteiger partial charge < -0.3 is 4.74 Å². The van der Waals surface area contributed by atoms with Crippen LogP contribution in [-0.2, 0) is 4.74 Å². The van der Waals surface area contributed by atoms with Crippen LogP contribution in [0.2, 0.25) is 0 Å². The van der Waals surface area contributed by atoms with Gasteiger partial charge in [-0.3, -0.25) is 0 Å². The van der Waals surface area contributed by atoms with Crippen molar-refractivity contribution < 1.29 is 4.74 Å². The van der Waals surface area contributed by atoms with Crippen molar-refractivity contribution >= 4 is 0 Å². The third-order valence-corrected chi connectivity index (χ3v) is 3.18. The minimum atomic E-state index is 0.603. The lowest BCUT2D eigenvalue weighted by molar-refractivity contribution is 0.0469. The summed E-state index contributed by atoms with van der Waals surface area (Å²) >= 11 is 0. The second-order valence-electron chi connectivity index (χ2n) is 3.87. The molecule has 2 aliphatic rings. The molecule has 3 atom stereocenters. The van der Waals surface area contributed by atoms with Crippen LogP contribution in [0.5, 0.6) is 0 Å². The maximum absolute atomic E-state index is 5.37. The lowest BCUT2D eigenvalue weighted by Gasteiger charge is -2.26. The molecule has 58 valence electrons. The molecule has 0 aromatic carbocycles. The van der Waals surface area contributed by atoms with Gasteiger partial charge in [0.1, 0.15) is 0 Å². The average Bonchev–Trinajstić information content (AvgIpc) is 2.30. The first-order chi connectivity index (χ1) is 4.88. The summed E-state index contributed by atoms with van der Waals surface area (Å²) in [7, 11) is 1.86. The number of ether oxygens (including phenoxy) is 1. The summed E-state index contributed by atoms with van der Waals surface area (Å²) in [4.78, 5) is 0. The van der Waals surface area contributed by atoms with Gasteiger partial charge >= 0.3 is 0 Å². The maximum Gasteiger partial charge on any atom is 0.0576 e. The molecule has 2 rings (SSSR count). The van der Waals surface area contributed by atoms with Gasteiger partial charge in [-0.15, -0.1) is 0 Å². The molecule has 2 aliphatic carbocycles. The zero-order valence-corrected chi connectivity index (χ0v) is 6.68. The van der Waals surface area contributed by atoms with Gasteiger partial charge in [0.25, 0.3) is 0 Å². The molecule has 0 heterocycles. The Labute approximate surface area is 62.8 Å². The van der Waals surface area contributed by atoms with Gasteiger partial charge in [-0.2, -0.15) is 0 Å². The third-order valence-electron chi connectivity index (χ3n) is 3.18. The summed E-state index contributed by atoms with van der Waals surface area (Å²) in [5, 5.41) is 0. The predicted octanol–water partition coefficient (Wildman–Crippen LogP) is 2.21. The van der Waals surface area contributed by atoms with Crippen molar-refractivity contribution in [1.82, 2.24) is 0 Å². The van der Waals surface area contributed by atoms with Crippen molar-refractivity contribution in [2.75, 3.05) is 7.11 Å². The fourth-order valence-electron chi connectivity index (χ4n) is 2.64. The number of hydrogen-bond acceptors (Lipinski definition) is 1. The van der Waals surface area contributed by atoms with Gasteiger partial charge in [-0.1, -0.05) is 12.8 Å². The highest BCUT2D eigenvalue weighted by Gasteiger charge is 2.33.